The van der Waals surface area contributed by atoms with Crippen LogP contribution in [0.15, 0.2) is 33.4 Å². The molecule has 4 nitrogen and oxygen atoms in total. The lowest BCUT2D eigenvalue weighted by Crippen LogP contribution is -2.16. The summed E-state index contributed by atoms with van der Waals surface area (Å²) in [5.74, 6) is -1.01. The van der Waals surface area contributed by atoms with E-state index < -0.39 is 5.97 Å². The van der Waals surface area contributed by atoms with Gasteiger partial charge in [-0.25, -0.2) is 4.79 Å². The lowest BCUT2D eigenvalue weighted by molar-refractivity contribution is 0.0698. The maximum Gasteiger partial charge on any atom is 0.337 e. The van der Waals surface area contributed by atoms with Crippen LogP contribution in [0.2, 0.25) is 0 Å². The summed E-state index contributed by atoms with van der Waals surface area (Å²) in [5.41, 5.74) is 8.06. The summed E-state index contributed by atoms with van der Waals surface area (Å²) < 4.78 is 1.08. The number of hydrogen-bond donors (Lipinski definition) is 2. The number of aromatic carboxylic acids is 1. The summed E-state index contributed by atoms with van der Waals surface area (Å²) in [6.45, 7) is 0.713. The molecule has 1 aromatic carbocycles. The van der Waals surface area contributed by atoms with E-state index in [0.29, 0.717) is 6.54 Å². The highest BCUT2D eigenvalue weighted by Gasteiger charge is 2.11. The number of nitrogens with zero attached hydrogens (tertiary/aromatic N) is 1. The van der Waals surface area contributed by atoms with Crippen LogP contribution in [-0.4, -0.2) is 18.1 Å². The minimum absolute atomic E-state index is 0.135. The van der Waals surface area contributed by atoms with E-state index >= 15 is 0 Å². The largest absolute Gasteiger partial charge is 0.478 e. The highest BCUT2D eigenvalue weighted by Crippen LogP contribution is 2.25. The van der Waals surface area contributed by atoms with E-state index in [1.54, 1.807) is 23.5 Å². The van der Waals surface area contributed by atoms with E-state index in [4.69, 9.17) is 10.8 Å². The van der Waals surface area contributed by atoms with Crippen molar-refractivity contribution < 1.29 is 9.90 Å². The Morgan fingerprint density at radius 3 is 2.79 bits per heavy atom. The molecule has 3 N–H and O–H groups in total. The standard InChI is InChI=1S/C13H13BrN2O2S/c1-16(6-8-4-12(14)19-7-8)9-2-3-11(15)10(5-9)13(17)18/h2-5,7H,6,15H2,1H3,(H,17,18). The van der Waals surface area contributed by atoms with Crippen LogP contribution in [0.4, 0.5) is 11.4 Å². The number of nitrogen functional groups attached to an aromatic ring is 1. The third-order valence-electron chi connectivity index (χ3n) is 2.75. The van der Waals surface area contributed by atoms with Crippen LogP contribution in [0, 0.1) is 0 Å². The second-order valence-corrected chi connectivity index (χ2v) is 6.48. The summed E-state index contributed by atoms with van der Waals surface area (Å²) in [5, 5.41) is 11.1. The van der Waals surface area contributed by atoms with Gasteiger partial charge in [0.05, 0.1) is 9.35 Å². The van der Waals surface area contributed by atoms with E-state index in [-0.39, 0.29) is 11.3 Å². The lowest BCUT2D eigenvalue weighted by atomic mass is 10.1. The van der Waals surface area contributed by atoms with Gasteiger partial charge in [0.25, 0.3) is 0 Å². The highest BCUT2D eigenvalue weighted by atomic mass is 79.9. The predicted molar refractivity (Wildman–Crippen MR) is 81.9 cm³/mol. The van der Waals surface area contributed by atoms with Crippen LogP contribution >= 0.6 is 27.3 Å². The van der Waals surface area contributed by atoms with Crippen molar-refractivity contribution in [1.82, 2.24) is 0 Å². The van der Waals surface area contributed by atoms with Crippen molar-refractivity contribution in [1.29, 1.82) is 0 Å². The molecule has 0 aliphatic carbocycles. The number of nitrogens with two attached hydrogens (primary N) is 1. The number of carbonyl (C=O) groups is 1. The molecule has 100 valence electrons. The monoisotopic (exact) mass is 340 g/mol. The Kier molecular flexibility index (Phi) is 4.11. The zero-order valence-corrected chi connectivity index (χ0v) is 12.7. The molecule has 6 heteroatoms. The van der Waals surface area contributed by atoms with Gasteiger partial charge >= 0.3 is 5.97 Å². The van der Waals surface area contributed by atoms with Gasteiger partial charge in [0.1, 0.15) is 0 Å². The van der Waals surface area contributed by atoms with Gasteiger partial charge < -0.3 is 15.7 Å². The number of carboxylic acids is 1. The molecular weight excluding hydrogens is 328 g/mol. The second kappa shape index (κ2) is 5.63. The first-order valence-electron chi connectivity index (χ1n) is 5.54. The van der Waals surface area contributed by atoms with Crippen molar-refractivity contribution in [3.8, 4) is 0 Å². The highest BCUT2D eigenvalue weighted by molar-refractivity contribution is 9.11. The third kappa shape index (κ3) is 3.27. The average molecular weight is 341 g/mol. The smallest absolute Gasteiger partial charge is 0.337 e. The maximum absolute atomic E-state index is 11.1. The zero-order valence-electron chi connectivity index (χ0n) is 10.3. The summed E-state index contributed by atoms with van der Waals surface area (Å²) >= 11 is 5.05. The molecule has 2 rings (SSSR count). The maximum atomic E-state index is 11.1. The molecule has 1 aromatic heterocycles. The minimum atomic E-state index is -1.01. The predicted octanol–water partition coefficient (Wildman–Crippen LogP) is 3.43. The van der Waals surface area contributed by atoms with E-state index in [9.17, 15) is 4.79 Å². The second-order valence-electron chi connectivity index (χ2n) is 4.19. The van der Waals surface area contributed by atoms with Gasteiger partial charge in [-0.3, -0.25) is 0 Å². The van der Waals surface area contributed by atoms with Gasteiger partial charge in [-0.15, -0.1) is 11.3 Å². The third-order valence-corrected chi connectivity index (χ3v) is 4.30. The van der Waals surface area contributed by atoms with Crippen LogP contribution in [0.1, 0.15) is 15.9 Å². The Morgan fingerprint density at radius 2 is 2.21 bits per heavy atom. The summed E-state index contributed by atoms with van der Waals surface area (Å²) in [4.78, 5) is 13.0. The molecule has 0 atom stereocenters. The van der Waals surface area contributed by atoms with Gasteiger partial charge in [0.2, 0.25) is 0 Å². The molecule has 0 bridgehead atoms. The summed E-state index contributed by atoms with van der Waals surface area (Å²) in [7, 11) is 1.92. The summed E-state index contributed by atoms with van der Waals surface area (Å²) in [6.07, 6.45) is 0. The molecule has 0 amide bonds. The Morgan fingerprint density at radius 1 is 1.47 bits per heavy atom. The van der Waals surface area contributed by atoms with Gasteiger partial charge in [-0.1, -0.05) is 0 Å². The lowest BCUT2D eigenvalue weighted by Gasteiger charge is -2.19. The van der Waals surface area contributed by atoms with Crippen molar-refractivity contribution in [3.63, 3.8) is 0 Å². The molecule has 0 radical (unpaired) electrons. The van der Waals surface area contributed by atoms with E-state index in [1.165, 1.54) is 5.56 Å². The molecular formula is C13H13BrN2O2S. The van der Waals surface area contributed by atoms with Crippen LogP contribution < -0.4 is 10.6 Å². The first-order chi connectivity index (χ1) is 8.97. The fourth-order valence-corrected chi connectivity index (χ4v) is 2.96. The zero-order chi connectivity index (χ0) is 14.0. The topological polar surface area (TPSA) is 66.6 Å². The van der Waals surface area contributed by atoms with E-state index in [2.05, 4.69) is 27.4 Å². The summed E-state index contributed by atoms with van der Waals surface area (Å²) in [6, 6.07) is 7.09. The fraction of sp³-hybridized carbons (Fsp3) is 0.154. The Balaban J connectivity index is 2.21. The van der Waals surface area contributed by atoms with Crippen molar-refractivity contribution in [3.05, 3.63) is 44.6 Å². The van der Waals surface area contributed by atoms with Gasteiger partial charge in [-0.2, -0.15) is 0 Å². The number of rotatable bonds is 4. The molecule has 1 heterocycles. The molecule has 0 fully saturated rings. The Bertz CT molecular complexity index is 612. The number of carboxylic acid groups (broad SMARTS) is 1. The Hall–Kier alpha value is -1.53. The van der Waals surface area contributed by atoms with Crippen molar-refractivity contribution in [2.45, 2.75) is 6.54 Å². The quantitative estimate of drug-likeness (QED) is 0.836. The number of benzene rings is 1. The van der Waals surface area contributed by atoms with Crippen molar-refractivity contribution >= 4 is 44.6 Å². The number of halogens is 1. The molecule has 19 heavy (non-hydrogen) atoms. The van der Waals surface area contributed by atoms with E-state index in [1.807, 2.05) is 18.0 Å². The average Bonchev–Trinajstić information content (AvgIpc) is 2.74. The van der Waals surface area contributed by atoms with Crippen LogP contribution in [-0.2, 0) is 6.54 Å². The molecule has 2 aromatic rings. The first-order valence-corrected chi connectivity index (χ1v) is 7.21. The minimum Gasteiger partial charge on any atom is -0.478 e. The van der Waals surface area contributed by atoms with Crippen LogP contribution in [0.5, 0.6) is 0 Å². The van der Waals surface area contributed by atoms with Gasteiger partial charge in [0.15, 0.2) is 0 Å². The number of hydrogen-bond acceptors (Lipinski definition) is 4. The molecule has 0 unspecified atom stereocenters. The van der Waals surface area contributed by atoms with Crippen LogP contribution in [0.3, 0.4) is 0 Å². The van der Waals surface area contributed by atoms with Crippen LogP contribution in [0.25, 0.3) is 0 Å². The number of thiophene rings is 1. The number of anilines is 2. The van der Waals surface area contributed by atoms with Gasteiger partial charge in [0, 0.05) is 25.0 Å². The molecule has 0 spiro atoms. The Labute approximate surface area is 123 Å². The SMILES string of the molecule is CN(Cc1csc(Br)c1)c1ccc(N)c(C(=O)O)c1. The molecule has 0 aliphatic heterocycles. The molecule has 0 saturated carbocycles. The fourth-order valence-electron chi connectivity index (χ4n) is 1.76. The molecule has 0 aliphatic rings. The van der Waals surface area contributed by atoms with Crippen molar-refractivity contribution in [2.24, 2.45) is 0 Å². The first kappa shape index (κ1) is 13.9. The van der Waals surface area contributed by atoms with Gasteiger partial charge in [-0.05, 0) is 51.1 Å². The van der Waals surface area contributed by atoms with Crippen molar-refractivity contribution in [2.75, 3.05) is 17.7 Å². The molecule has 0 saturated heterocycles. The van der Waals surface area contributed by atoms with E-state index in [0.717, 1.165) is 9.47 Å². The normalized spacial score (nSPS) is 10.4.